The van der Waals surface area contributed by atoms with Gasteiger partial charge < -0.3 is 4.90 Å². The van der Waals surface area contributed by atoms with Crippen molar-refractivity contribution < 1.29 is 4.79 Å². The maximum absolute atomic E-state index is 12.4. The number of thiocarbonyl (C=S) groups is 1. The molecule has 1 fully saturated rings. The average Bonchev–Trinajstić information content (AvgIpc) is 2.42. The Hall–Kier alpha value is -1.22. The van der Waals surface area contributed by atoms with Gasteiger partial charge in [0, 0.05) is 5.69 Å². The van der Waals surface area contributed by atoms with Crippen LogP contribution >= 0.6 is 12.2 Å². The number of nitrogens with zero attached hydrogens (tertiary/aromatic N) is 1. The molecule has 0 aromatic heterocycles. The van der Waals surface area contributed by atoms with Crippen molar-refractivity contribution in [1.82, 2.24) is 0 Å². The molecule has 1 aliphatic rings. The fourth-order valence-corrected chi connectivity index (χ4v) is 3.57. The molecule has 0 unspecified atom stereocenters. The third-order valence-corrected chi connectivity index (χ3v) is 4.55. The van der Waals surface area contributed by atoms with Crippen molar-refractivity contribution in [1.29, 1.82) is 0 Å². The fraction of sp³-hybridized carbons (Fsp3) is 0.529. The maximum Gasteiger partial charge on any atom is 0.155 e. The first-order valence-corrected chi connectivity index (χ1v) is 7.77. The van der Waals surface area contributed by atoms with Gasteiger partial charge in [-0.1, -0.05) is 49.2 Å². The van der Waals surface area contributed by atoms with Gasteiger partial charge in [-0.2, -0.15) is 0 Å². The molecule has 0 atom stereocenters. The summed E-state index contributed by atoms with van der Waals surface area (Å²) in [5, 5.41) is 0. The smallest absolute Gasteiger partial charge is 0.155 e. The molecule has 0 N–H and O–H groups in total. The molecule has 0 heterocycles. The van der Waals surface area contributed by atoms with E-state index in [0.717, 1.165) is 36.4 Å². The first-order valence-electron chi connectivity index (χ1n) is 7.36. The number of carbonyl (C=O) groups is 1. The molecule has 0 spiro atoms. The molecule has 108 valence electrons. The van der Waals surface area contributed by atoms with E-state index < -0.39 is 5.54 Å². The minimum Gasteiger partial charge on any atom is -0.323 e. The van der Waals surface area contributed by atoms with Gasteiger partial charge in [-0.25, -0.2) is 0 Å². The van der Waals surface area contributed by atoms with Gasteiger partial charge in [-0.15, -0.1) is 0 Å². The lowest BCUT2D eigenvalue weighted by molar-refractivity contribution is -0.122. The van der Waals surface area contributed by atoms with Crippen molar-refractivity contribution in [3.8, 4) is 0 Å². The second-order valence-electron chi connectivity index (χ2n) is 5.84. The molecular weight excluding hydrogens is 266 g/mol. The van der Waals surface area contributed by atoms with Crippen molar-refractivity contribution in [3.05, 3.63) is 29.8 Å². The minimum atomic E-state index is -0.431. The predicted octanol–water partition coefficient (Wildman–Crippen LogP) is 4.44. The molecule has 20 heavy (non-hydrogen) atoms. The van der Waals surface area contributed by atoms with E-state index in [4.69, 9.17) is 12.2 Å². The molecule has 2 nitrogen and oxygen atoms in total. The van der Waals surface area contributed by atoms with Crippen LogP contribution in [0, 0.1) is 6.92 Å². The number of hydrogen-bond acceptors (Lipinski definition) is 2. The molecule has 0 radical (unpaired) electrons. The number of benzene rings is 1. The third-order valence-electron chi connectivity index (χ3n) is 4.37. The molecule has 1 saturated carbocycles. The first kappa shape index (κ1) is 15.2. The third kappa shape index (κ3) is 2.78. The first-order chi connectivity index (χ1) is 9.47. The largest absolute Gasteiger partial charge is 0.323 e. The Bertz CT molecular complexity index is 500. The van der Waals surface area contributed by atoms with Crippen molar-refractivity contribution in [2.24, 2.45) is 0 Å². The summed E-state index contributed by atoms with van der Waals surface area (Å²) in [5.74, 6) is 0.238. The van der Waals surface area contributed by atoms with Crippen LogP contribution in [0.25, 0.3) is 0 Å². The standard InChI is InChI=1S/C17H23NOS/c1-13-7-9-16(10-8-13)18(15(3)20)17(14(2)19)11-5-4-6-12-17/h7-10H,4-6,11-12H2,1-3H3. The number of Topliss-reactive ketones (excluding diaryl/α,β-unsaturated/α-hetero) is 1. The molecule has 3 heteroatoms. The van der Waals surface area contributed by atoms with E-state index in [9.17, 15) is 4.79 Å². The number of ketones is 1. The van der Waals surface area contributed by atoms with Gasteiger partial charge in [0.15, 0.2) is 5.78 Å². The molecule has 1 aromatic rings. The van der Waals surface area contributed by atoms with Crippen LogP contribution in [0.2, 0.25) is 0 Å². The van der Waals surface area contributed by atoms with Crippen molar-refractivity contribution in [3.63, 3.8) is 0 Å². The molecular formula is C17H23NOS. The summed E-state index contributed by atoms with van der Waals surface area (Å²) in [6, 6.07) is 8.31. The van der Waals surface area contributed by atoms with Gasteiger partial charge in [0.05, 0.1) is 4.99 Å². The van der Waals surface area contributed by atoms with Crippen molar-refractivity contribution in [2.75, 3.05) is 4.90 Å². The second-order valence-corrected chi connectivity index (χ2v) is 6.43. The minimum absolute atomic E-state index is 0.238. The Morgan fingerprint density at radius 2 is 1.65 bits per heavy atom. The highest BCUT2D eigenvalue weighted by Gasteiger charge is 2.43. The SMILES string of the molecule is CC(=O)C1(N(C(C)=S)c2ccc(C)cc2)CCCCC1. The number of rotatable bonds is 3. The lowest BCUT2D eigenvalue weighted by atomic mass is 9.77. The van der Waals surface area contributed by atoms with E-state index in [-0.39, 0.29) is 5.78 Å². The highest BCUT2D eigenvalue weighted by molar-refractivity contribution is 7.80. The lowest BCUT2D eigenvalue weighted by Gasteiger charge is -2.45. The van der Waals surface area contributed by atoms with Crippen molar-refractivity contribution in [2.45, 2.75) is 58.4 Å². The zero-order valence-corrected chi connectivity index (χ0v) is 13.4. The Morgan fingerprint density at radius 3 is 2.10 bits per heavy atom. The molecule has 0 amide bonds. The summed E-state index contributed by atoms with van der Waals surface area (Å²) in [6.45, 7) is 5.71. The van der Waals surface area contributed by atoms with E-state index in [2.05, 4.69) is 36.1 Å². The quantitative estimate of drug-likeness (QED) is 0.767. The number of carbonyl (C=O) groups excluding carboxylic acids is 1. The molecule has 0 aliphatic heterocycles. The molecule has 1 aliphatic carbocycles. The van der Waals surface area contributed by atoms with Crippen LogP contribution in [-0.2, 0) is 4.79 Å². The zero-order valence-electron chi connectivity index (χ0n) is 12.6. The summed E-state index contributed by atoms with van der Waals surface area (Å²) >= 11 is 5.48. The van der Waals surface area contributed by atoms with Crippen LogP contribution in [0.4, 0.5) is 5.69 Å². The van der Waals surface area contributed by atoms with Crippen LogP contribution in [-0.4, -0.2) is 16.3 Å². The van der Waals surface area contributed by atoms with Gasteiger partial charge in [-0.05, 0) is 45.7 Å². The number of aryl methyl sites for hydroxylation is 1. The topological polar surface area (TPSA) is 20.3 Å². The summed E-state index contributed by atoms with van der Waals surface area (Å²) in [6.07, 6.45) is 5.23. The van der Waals surface area contributed by atoms with Gasteiger partial charge in [0.25, 0.3) is 0 Å². The highest BCUT2D eigenvalue weighted by Crippen LogP contribution is 2.38. The van der Waals surface area contributed by atoms with E-state index in [0.29, 0.717) is 0 Å². The van der Waals surface area contributed by atoms with Gasteiger partial charge in [0.2, 0.25) is 0 Å². The van der Waals surface area contributed by atoms with Crippen LogP contribution < -0.4 is 4.90 Å². The summed E-state index contributed by atoms with van der Waals surface area (Å²) in [5.41, 5.74) is 1.83. The Morgan fingerprint density at radius 1 is 1.10 bits per heavy atom. The second kappa shape index (κ2) is 6.04. The monoisotopic (exact) mass is 289 g/mol. The highest BCUT2D eigenvalue weighted by atomic mass is 32.1. The number of anilines is 1. The van der Waals surface area contributed by atoms with E-state index in [1.165, 1.54) is 12.0 Å². The maximum atomic E-state index is 12.4. The van der Waals surface area contributed by atoms with Crippen LogP contribution in [0.3, 0.4) is 0 Å². The Labute approximate surface area is 127 Å². The fourth-order valence-electron chi connectivity index (χ4n) is 3.29. The van der Waals surface area contributed by atoms with Gasteiger partial charge in [-0.3, -0.25) is 4.79 Å². The van der Waals surface area contributed by atoms with Gasteiger partial charge >= 0.3 is 0 Å². The zero-order chi connectivity index (χ0) is 14.8. The van der Waals surface area contributed by atoms with Crippen LogP contribution in [0.1, 0.15) is 51.5 Å². The Kier molecular flexibility index (Phi) is 4.59. The average molecular weight is 289 g/mol. The number of hydrogen-bond donors (Lipinski definition) is 0. The molecule has 2 rings (SSSR count). The summed E-state index contributed by atoms with van der Waals surface area (Å²) < 4.78 is 0. The normalized spacial score (nSPS) is 17.6. The molecule has 0 saturated heterocycles. The van der Waals surface area contributed by atoms with Crippen LogP contribution in [0.15, 0.2) is 24.3 Å². The van der Waals surface area contributed by atoms with E-state index >= 15 is 0 Å². The van der Waals surface area contributed by atoms with E-state index in [1.54, 1.807) is 6.92 Å². The van der Waals surface area contributed by atoms with Crippen molar-refractivity contribution >= 4 is 28.7 Å². The summed E-state index contributed by atoms with van der Waals surface area (Å²) in [4.78, 5) is 15.3. The Balaban J connectivity index is 2.47. The lowest BCUT2D eigenvalue weighted by Crippen LogP contribution is -2.57. The predicted molar refractivity (Wildman–Crippen MR) is 88.4 cm³/mol. The molecule has 0 bridgehead atoms. The van der Waals surface area contributed by atoms with Crippen LogP contribution in [0.5, 0.6) is 0 Å². The molecule has 1 aromatic carbocycles. The van der Waals surface area contributed by atoms with E-state index in [1.807, 2.05) is 6.92 Å². The summed E-state index contributed by atoms with van der Waals surface area (Å²) in [7, 11) is 0. The van der Waals surface area contributed by atoms with Gasteiger partial charge in [0.1, 0.15) is 5.54 Å².